The second-order valence-corrected chi connectivity index (χ2v) is 5.30. The van der Waals surface area contributed by atoms with Crippen LogP contribution in [-0.2, 0) is 6.42 Å². The minimum absolute atomic E-state index is 0.109. The first kappa shape index (κ1) is 13.6. The first-order valence-electron chi connectivity index (χ1n) is 6.50. The van der Waals surface area contributed by atoms with E-state index in [1.165, 1.54) is 12.1 Å². The molecule has 21 heavy (non-hydrogen) atoms. The van der Waals surface area contributed by atoms with Gasteiger partial charge in [-0.3, -0.25) is 4.79 Å². The van der Waals surface area contributed by atoms with Crippen molar-refractivity contribution in [3.8, 4) is 0 Å². The summed E-state index contributed by atoms with van der Waals surface area (Å²) in [4.78, 5) is 25.0. The van der Waals surface area contributed by atoms with Crippen LogP contribution in [0.5, 0.6) is 0 Å². The topological polar surface area (TPSA) is 57.6 Å². The van der Waals surface area contributed by atoms with E-state index in [1.54, 1.807) is 29.2 Å². The van der Waals surface area contributed by atoms with Gasteiger partial charge in [0.15, 0.2) is 0 Å². The number of amides is 1. The van der Waals surface area contributed by atoms with Gasteiger partial charge in [-0.05, 0) is 48.4 Å². The predicted molar refractivity (Wildman–Crippen MR) is 80.2 cm³/mol. The molecule has 1 aliphatic rings. The van der Waals surface area contributed by atoms with Gasteiger partial charge in [0.1, 0.15) is 0 Å². The van der Waals surface area contributed by atoms with Gasteiger partial charge in [0, 0.05) is 22.8 Å². The maximum absolute atomic E-state index is 12.5. The molecule has 0 saturated heterocycles. The van der Waals surface area contributed by atoms with Crippen molar-refractivity contribution < 1.29 is 14.7 Å². The van der Waals surface area contributed by atoms with Gasteiger partial charge in [0.2, 0.25) is 0 Å². The fourth-order valence-corrected chi connectivity index (χ4v) is 2.65. The lowest BCUT2D eigenvalue weighted by molar-refractivity contribution is 0.0696. The summed E-state index contributed by atoms with van der Waals surface area (Å²) in [5.74, 6) is -1.09. The van der Waals surface area contributed by atoms with Crippen molar-refractivity contribution in [3.05, 3.63) is 64.2 Å². The highest BCUT2D eigenvalue weighted by Gasteiger charge is 2.25. The highest BCUT2D eigenvalue weighted by molar-refractivity contribution is 6.31. The number of fused-ring (bicyclic) bond motifs is 1. The van der Waals surface area contributed by atoms with Crippen LogP contribution in [0.2, 0.25) is 5.02 Å². The number of carbonyl (C=O) groups is 2. The van der Waals surface area contributed by atoms with Gasteiger partial charge in [0.05, 0.1) is 5.56 Å². The van der Waals surface area contributed by atoms with E-state index in [4.69, 9.17) is 16.7 Å². The molecule has 1 amide bonds. The van der Waals surface area contributed by atoms with Crippen molar-refractivity contribution in [1.82, 2.24) is 0 Å². The molecule has 0 unspecified atom stereocenters. The molecular formula is C16H12ClNO3. The third kappa shape index (κ3) is 2.50. The minimum atomic E-state index is -0.983. The maximum atomic E-state index is 12.5. The molecular weight excluding hydrogens is 290 g/mol. The SMILES string of the molecule is O=C(O)c1ccc(N2CCc3ccc(Cl)cc3C2=O)cc1. The summed E-state index contributed by atoms with van der Waals surface area (Å²) in [6.07, 6.45) is 0.749. The lowest BCUT2D eigenvalue weighted by Crippen LogP contribution is -2.37. The van der Waals surface area contributed by atoms with Crippen molar-refractivity contribution in [2.24, 2.45) is 0 Å². The number of nitrogens with zero attached hydrogens (tertiary/aromatic N) is 1. The van der Waals surface area contributed by atoms with Crippen molar-refractivity contribution in [1.29, 1.82) is 0 Å². The quantitative estimate of drug-likeness (QED) is 0.926. The Morgan fingerprint density at radius 2 is 1.86 bits per heavy atom. The average molecular weight is 302 g/mol. The zero-order valence-electron chi connectivity index (χ0n) is 11.0. The molecule has 2 aromatic carbocycles. The lowest BCUT2D eigenvalue weighted by atomic mass is 9.98. The second-order valence-electron chi connectivity index (χ2n) is 4.86. The van der Waals surface area contributed by atoms with Crippen LogP contribution in [0.15, 0.2) is 42.5 Å². The number of hydrogen-bond donors (Lipinski definition) is 1. The van der Waals surface area contributed by atoms with Gasteiger partial charge in [0.25, 0.3) is 5.91 Å². The number of rotatable bonds is 2. The van der Waals surface area contributed by atoms with E-state index in [1.807, 2.05) is 6.07 Å². The molecule has 0 fully saturated rings. The van der Waals surface area contributed by atoms with Crippen molar-refractivity contribution in [2.75, 3.05) is 11.4 Å². The number of anilines is 1. The van der Waals surface area contributed by atoms with Crippen molar-refractivity contribution >= 4 is 29.2 Å². The largest absolute Gasteiger partial charge is 0.478 e. The Kier molecular flexibility index (Phi) is 3.39. The van der Waals surface area contributed by atoms with Crippen LogP contribution in [0, 0.1) is 0 Å². The molecule has 0 radical (unpaired) electrons. The first-order valence-corrected chi connectivity index (χ1v) is 6.88. The van der Waals surface area contributed by atoms with E-state index < -0.39 is 5.97 Å². The summed E-state index contributed by atoms with van der Waals surface area (Å²) in [7, 11) is 0. The van der Waals surface area contributed by atoms with E-state index in [0.29, 0.717) is 22.8 Å². The monoisotopic (exact) mass is 301 g/mol. The molecule has 106 valence electrons. The maximum Gasteiger partial charge on any atom is 0.335 e. The smallest absolute Gasteiger partial charge is 0.335 e. The van der Waals surface area contributed by atoms with Gasteiger partial charge in [-0.15, -0.1) is 0 Å². The summed E-state index contributed by atoms with van der Waals surface area (Å²) < 4.78 is 0. The molecule has 1 N–H and O–H groups in total. The second kappa shape index (κ2) is 5.22. The number of halogens is 1. The Labute approximate surface area is 126 Å². The van der Waals surface area contributed by atoms with Crippen LogP contribution in [0.3, 0.4) is 0 Å². The zero-order chi connectivity index (χ0) is 15.0. The summed E-state index contributed by atoms with van der Waals surface area (Å²) in [5, 5.41) is 9.44. The minimum Gasteiger partial charge on any atom is -0.478 e. The van der Waals surface area contributed by atoms with Gasteiger partial charge < -0.3 is 10.0 Å². The normalized spacial score (nSPS) is 14.0. The Morgan fingerprint density at radius 1 is 1.14 bits per heavy atom. The van der Waals surface area contributed by atoms with Gasteiger partial charge in [-0.25, -0.2) is 4.79 Å². The molecule has 1 aliphatic heterocycles. The van der Waals surface area contributed by atoms with Gasteiger partial charge >= 0.3 is 5.97 Å². The molecule has 0 aliphatic carbocycles. The molecule has 5 heteroatoms. The fourth-order valence-electron chi connectivity index (χ4n) is 2.48. The Balaban J connectivity index is 1.94. The van der Waals surface area contributed by atoms with E-state index in [9.17, 15) is 9.59 Å². The van der Waals surface area contributed by atoms with Crippen LogP contribution >= 0.6 is 11.6 Å². The summed E-state index contributed by atoms with van der Waals surface area (Å²) >= 11 is 5.96. The van der Waals surface area contributed by atoms with Crippen LogP contribution in [-0.4, -0.2) is 23.5 Å². The summed E-state index contributed by atoms with van der Waals surface area (Å²) in [5.41, 5.74) is 2.49. The third-order valence-corrected chi connectivity index (χ3v) is 3.81. The molecule has 0 atom stereocenters. The van der Waals surface area contributed by atoms with E-state index in [2.05, 4.69) is 0 Å². The molecule has 2 aromatic rings. The first-order chi connectivity index (χ1) is 10.1. The molecule has 4 nitrogen and oxygen atoms in total. The Morgan fingerprint density at radius 3 is 2.52 bits per heavy atom. The zero-order valence-corrected chi connectivity index (χ0v) is 11.8. The fraction of sp³-hybridized carbons (Fsp3) is 0.125. The predicted octanol–water partition coefficient (Wildman–Crippen LogP) is 3.24. The summed E-state index contributed by atoms with van der Waals surface area (Å²) in [6, 6.07) is 11.6. The molecule has 0 spiro atoms. The number of benzene rings is 2. The van der Waals surface area contributed by atoms with Gasteiger partial charge in [-0.1, -0.05) is 17.7 Å². The average Bonchev–Trinajstić information content (AvgIpc) is 2.48. The van der Waals surface area contributed by atoms with E-state index in [0.717, 1.165) is 12.0 Å². The van der Waals surface area contributed by atoms with Crippen LogP contribution < -0.4 is 4.90 Å². The Hall–Kier alpha value is -2.33. The molecule has 0 bridgehead atoms. The lowest BCUT2D eigenvalue weighted by Gasteiger charge is -2.28. The third-order valence-electron chi connectivity index (χ3n) is 3.58. The van der Waals surface area contributed by atoms with Crippen LogP contribution in [0.1, 0.15) is 26.3 Å². The number of carbonyl (C=O) groups excluding carboxylic acids is 1. The highest BCUT2D eigenvalue weighted by Crippen LogP contribution is 2.26. The van der Waals surface area contributed by atoms with E-state index in [-0.39, 0.29) is 11.5 Å². The highest BCUT2D eigenvalue weighted by atomic mass is 35.5. The van der Waals surface area contributed by atoms with Crippen LogP contribution in [0.25, 0.3) is 0 Å². The van der Waals surface area contributed by atoms with Gasteiger partial charge in [-0.2, -0.15) is 0 Å². The molecule has 0 aromatic heterocycles. The molecule has 3 rings (SSSR count). The number of hydrogen-bond acceptors (Lipinski definition) is 2. The summed E-state index contributed by atoms with van der Waals surface area (Å²) in [6.45, 7) is 0.569. The Bertz CT molecular complexity index is 725. The van der Waals surface area contributed by atoms with E-state index >= 15 is 0 Å². The van der Waals surface area contributed by atoms with Crippen molar-refractivity contribution in [2.45, 2.75) is 6.42 Å². The number of carboxylic acid groups (broad SMARTS) is 1. The molecule has 0 saturated carbocycles. The number of aromatic carboxylic acids is 1. The van der Waals surface area contributed by atoms with Crippen molar-refractivity contribution in [3.63, 3.8) is 0 Å². The molecule has 1 heterocycles. The van der Waals surface area contributed by atoms with Crippen LogP contribution in [0.4, 0.5) is 5.69 Å². The standard InChI is InChI=1S/C16H12ClNO3/c17-12-4-1-10-7-8-18(15(19)14(10)9-12)13-5-2-11(3-6-13)16(20)21/h1-6,9H,7-8H2,(H,20,21). The number of carboxylic acids is 1.